The molecular weight excluding hydrogens is 458 g/mol. The van der Waals surface area contributed by atoms with Crippen LogP contribution >= 0.6 is 0 Å². The largest absolute Gasteiger partial charge is 0.495 e. The number of ether oxygens (including phenoxy) is 2. The van der Waals surface area contributed by atoms with Gasteiger partial charge in [0.15, 0.2) is 6.61 Å². The van der Waals surface area contributed by atoms with Gasteiger partial charge in [-0.3, -0.25) is 9.59 Å². The maximum Gasteiger partial charge on any atom is 0.310 e. The van der Waals surface area contributed by atoms with Gasteiger partial charge in [0.1, 0.15) is 10.6 Å². The number of nitrogens with one attached hydrogen (secondary N) is 2. The first kappa shape index (κ1) is 23.8. The Morgan fingerprint density at radius 2 is 1.85 bits per heavy atom. The minimum Gasteiger partial charge on any atom is -0.495 e. The number of amides is 1. The zero-order valence-electron chi connectivity index (χ0n) is 18.9. The number of hydrogen-bond acceptors (Lipinski definition) is 6. The summed E-state index contributed by atoms with van der Waals surface area (Å²) in [5.74, 6) is -0.907. The lowest BCUT2D eigenvalue weighted by molar-refractivity contribution is -0.146. The minimum absolute atomic E-state index is 0.00830. The Kier molecular flexibility index (Phi) is 7.18. The number of esters is 1. The van der Waals surface area contributed by atoms with E-state index in [-0.39, 0.29) is 22.8 Å². The number of piperidine rings is 1. The number of nitrogens with zero attached hydrogens (tertiary/aromatic N) is 1. The predicted octanol–water partition coefficient (Wildman–Crippen LogP) is 3.08. The van der Waals surface area contributed by atoms with Gasteiger partial charge < -0.3 is 19.8 Å². The van der Waals surface area contributed by atoms with Gasteiger partial charge in [-0.25, -0.2) is 8.42 Å². The van der Waals surface area contributed by atoms with E-state index in [9.17, 15) is 18.0 Å². The highest BCUT2D eigenvalue weighted by atomic mass is 32.2. The molecule has 0 unspecified atom stereocenters. The fourth-order valence-electron chi connectivity index (χ4n) is 4.03. The number of rotatable bonds is 8. The maximum atomic E-state index is 13.1. The molecule has 0 saturated carbocycles. The molecule has 1 aromatic heterocycles. The van der Waals surface area contributed by atoms with Crippen LogP contribution in [0.1, 0.15) is 24.8 Å². The molecule has 0 spiro atoms. The number of carbonyl (C=O) groups excluding carboxylic acids is 2. The molecule has 180 valence electrons. The van der Waals surface area contributed by atoms with Crippen LogP contribution in [0.25, 0.3) is 10.9 Å². The van der Waals surface area contributed by atoms with E-state index in [2.05, 4.69) is 10.3 Å². The Morgan fingerprint density at radius 3 is 2.62 bits per heavy atom. The molecule has 34 heavy (non-hydrogen) atoms. The smallest absolute Gasteiger partial charge is 0.310 e. The lowest BCUT2D eigenvalue weighted by Crippen LogP contribution is -2.35. The Bertz CT molecular complexity index is 1300. The number of sulfonamides is 1. The molecule has 0 radical (unpaired) electrons. The normalized spacial score (nSPS) is 14.6. The van der Waals surface area contributed by atoms with Crippen LogP contribution in [0, 0.1) is 0 Å². The molecule has 3 aromatic rings. The topological polar surface area (TPSA) is 118 Å². The molecule has 0 aliphatic carbocycles. The fourth-order valence-corrected chi connectivity index (χ4v) is 5.73. The van der Waals surface area contributed by atoms with Crippen molar-refractivity contribution in [1.82, 2.24) is 9.29 Å². The second kappa shape index (κ2) is 10.3. The van der Waals surface area contributed by atoms with E-state index in [0.29, 0.717) is 13.1 Å². The second-order valence-corrected chi connectivity index (χ2v) is 9.98. The minimum atomic E-state index is -3.77. The number of H-pyrrole nitrogens is 1. The summed E-state index contributed by atoms with van der Waals surface area (Å²) in [5, 5.41) is 3.51. The van der Waals surface area contributed by atoms with E-state index in [4.69, 9.17) is 9.47 Å². The van der Waals surface area contributed by atoms with Gasteiger partial charge in [-0.05, 0) is 42.7 Å². The fraction of sp³-hybridized carbons (Fsp3) is 0.333. The van der Waals surface area contributed by atoms with Crippen LogP contribution in [0.3, 0.4) is 0 Å². The van der Waals surface area contributed by atoms with Crippen molar-refractivity contribution in [3.63, 3.8) is 0 Å². The molecular formula is C24H27N3O6S. The second-order valence-electron chi connectivity index (χ2n) is 8.08. The van der Waals surface area contributed by atoms with Crippen LogP contribution in [-0.2, 0) is 30.8 Å². The number of aromatic amines is 1. The van der Waals surface area contributed by atoms with E-state index >= 15 is 0 Å². The van der Waals surface area contributed by atoms with E-state index in [0.717, 1.165) is 35.7 Å². The molecule has 10 heteroatoms. The third-order valence-electron chi connectivity index (χ3n) is 5.75. The van der Waals surface area contributed by atoms with Crippen molar-refractivity contribution >= 4 is 38.5 Å². The highest BCUT2D eigenvalue weighted by molar-refractivity contribution is 7.89. The lowest BCUT2D eigenvalue weighted by atomic mass is 10.1. The summed E-state index contributed by atoms with van der Waals surface area (Å²) >= 11 is 0. The lowest BCUT2D eigenvalue weighted by Gasteiger charge is -2.26. The van der Waals surface area contributed by atoms with Crippen LogP contribution in [0.15, 0.2) is 53.6 Å². The molecule has 1 saturated heterocycles. The summed E-state index contributed by atoms with van der Waals surface area (Å²) in [6, 6.07) is 12.0. The molecule has 0 atom stereocenters. The highest BCUT2D eigenvalue weighted by Gasteiger charge is 2.29. The number of hydrogen-bond donors (Lipinski definition) is 2. The van der Waals surface area contributed by atoms with Crippen LogP contribution in [0.4, 0.5) is 5.69 Å². The molecule has 9 nitrogen and oxygen atoms in total. The van der Waals surface area contributed by atoms with Crippen molar-refractivity contribution in [2.24, 2.45) is 0 Å². The van der Waals surface area contributed by atoms with Gasteiger partial charge in [0.25, 0.3) is 5.91 Å². The number of aromatic nitrogens is 1. The third-order valence-corrected chi connectivity index (χ3v) is 7.67. The first-order valence-electron chi connectivity index (χ1n) is 11.1. The van der Waals surface area contributed by atoms with Crippen molar-refractivity contribution in [2.45, 2.75) is 30.6 Å². The number of fused-ring (bicyclic) bond motifs is 1. The predicted molar refractivity (Wildman–Crippen MR) is 127 cm³/mol. The van der Waals surface area contributed by atoms with E-state index in [1.165, 1.54) is 23.5 Å². The molecule has 2 heterocycles. The van der Waals surface area contributed by atoms with Crippen molar-refractivity contribution < 1.29 is 27.5 Å². The van der Waals surface area contributed by atoms with E-state index in [1.54, 1.807) is 12.3 Å². The number of methoxy groups -OCH3 is 1. The Morgan fingerprint density at radius 1 is 1.09 bits per heavy atom. The zero-order valence-corrected chi connectivity index (χ0v) is 19.7. The van der Waals surface area contributed by atoms with Gasteiger partial charge in [-0.2, -0.15) is 4.31 Å². The molecule has 1 aliphatic heterocycles. The summed E-state index contributed by atoms with van der Waals surface area (Å²) in [6.07, 6.45) is 4.38. The summed E-state index contributed by atoms with van der Waals surface area (Å²) in [6.45, 7) is 0.421. The summed E-state index contributed by atoms with van der Waals surface area (Å²) < 4.78 is 38.1. The van der Waals surface area contributed by atoms with Crippen molar-refractivity contribution in [2.75, 3.05) is 32.1 Å². The van der Waals surface area contributed by atoms with Gasteiger partial charge in [-0.1, -0.05) is 24.6 Å². The Hall–Kier alpha value is -3.37. The first-order chi connectivity index (χ1) is 16.4. The third kappa shape index (κ3) is 5.23. The zero-order chi connectivity index (χ0) is 24.1. The monoisotopic (exact) mass is 485 g/mol. The number of anilines is 1. The van der Waals surface area contributed by atoms with Gasteiger partial charge in [0, 0.05) is 35.9 Å². The van der Waals surface area contributed by atoms with Crippen LogP contribution in [-0.4, -0.2) is 56.4 Å². The molecule has 4 rings (SSSR count). The Balaban J connectivity index is 1.39. The average Bonchev–Trinajstić information content (AvgIpc) is 3.26. The van der Waals surface area contributed by atoms with Crippen LogP contribution < -0.4 is 10.1 Å². The Labute approximate surface area is 198 Å². The summed E-state index contributed by atoms with van der Waals surface area (Å²) in [7, 11) is -2.37. The van der Waals surface area contributed by atoms with Crippen molar-refractivity contribution in [3.8, 4) is 5.75 Å². The van der Waals surface area contributed by atoms with Crippen molar-refractivity contribution in [1.29, 1.82) is 0 Å². The quantitative estimate of drug-likeness (QED) is 0.474. The van der Waals surface area contributed by atoms with Gasteiger partial charge in [-0.15, -0.1) is 0 Å². The molecule has 2 N–H and O–H groups in total. The van der Waals surface area contributed by atoms with E-state index < -0.39 is 28.5 Å². The molecule has 0 bridgehead atoms. The SMILES string of the molecule is COc1ccc(NC(=O)COC(=O)Cc2c[nH]c3ccccc23)cc1S(=O)(=O)N1CCCCC1. The van der Waals surface area contributed by atoms with Crippen LogP contribution in [0.2, 0.25) is 0 Å². The number of benzene rings is 2. The highest BCUT2D eigenvalue weighted by Crippen LogP contribution is 2.31. The standard InChI is InChI=1S/C24H27N3O6S/c1-32-21-10-9-18(14-22(21)34(30,31)27-11-5-2-6-12-27)26-23(28)16-33-24(29)13-17-15-25-20-8-4-3-7-19(17)20/h3-4,7-10,14-15,25H,2,5-6,11-13,16H2,1H3,(H,26,28). The summed E-state index contributed by atoms with van der Waals surface area (Å²) in [5.41, 5.74) is 1.97. The van der Waals surface area contributed by atoms with Gasteiger partial charge >= 0.3 is 5.97 Å². The van der Waals surface area contributed by atoms with Gasteiger partial charge in [0.2, 0.25) is 10.0 Å². The molecule has 1 amide bonds. The number of carbonyl (C=O) groups is 2. The van der Waals surface area contributed by atoms with Crippen LogP contribution in [0.5, 0.6) is 5.75 Å². The van der Waals surface area contributed by atoms with E-state index in [1.807, 2.05) is 24.3 Å². The molecule has 1 fully saturated rings. The molecule has 1 aliphatic rings. The first-order valence-corrected chi connectivity index (χ1v) is 12.5. The van der Waals surface area contributed by atoms with Crippen molar-refractivity contribution in [3.05, 3.63) is 54.2 Å². The summed E-state index contributed by atoms with van der Waals surface area (Å²) in [4.78, 5) is 27.7. The number of para-hydroxylation sites is 1. The maximum absolute atomic E-state index is 13.1. The van der Waals surface area contributed by atoms with Gasteiger partial charge in [0.05, 0.1) is 13.5 Å². The molecule has 2 aromatic carbocycles. The average molecular weight is 486 g/mol.